The van der Waals surface area contributed by atoms with Gasteiger partial charge in [-0.2, -0.15) is 4.98 Å². The Morgan fingerprint density at radius 3 is 2.78 bits per heavy atom. The lowest BCUT2D eigenvalue weighted by Crippen LogP contribution is -2.45. The van der Waals surface area contributed by atoms with Gasteiger partial charge in [0.25, 0.3) is 5.91 Å². The van der Waals surface area contributed by atoms with E-state index in [0.717, 1.165) is 25.8 Å². The maximum atomic E-state index is 13.0. The van der Waals surface area contributed by atoms with E-state index in [4.69, 9.17) is 9.26 Å². The SMILES string of the molecule is C=C(C)[C@@H]1CC[C@]2(C)S[P@@](N3C[C@@H](CC)O[C@@H](n4ccc(NC(=O)c5ccccc5)nc4=O)C3)O[C@H]2C1. The van der Waals surface area contributed by atoms with Crippen LogP contribution in [-0.2, 0) is 9.26 Å². The molecule has 1 aromatic heterocycles. The van der Waals surface area contributed by atoms with Crippen LogP contribution < -0.4 is 11.0 Å². The highest BCUT2D eigenvalue weighted by atomic mass is 32.7. The molecular weight excluding hydrogens is 507 g/mol. The third-order valence-electron chi connectivity index (χ3n) is 7.60. The number of rotatable bonds is 6. The van der Waals surface area contributed by atoms with E-state index >= 15 is 0 Å². The molecule has 2 saturated heterocycles. The van der Waals surface area contributed by atoms with E-state index in [1.165, 1.54) is 16.6 Å². The zero-order valence-electron chi connectivity index (χ0n) is 21.6. The molecule has 0 unspecified atom stereocenters. The summed E-state index contributed by atoms with van der Waals surface area (Å²) in [5, 5.41) is 2.71. The van der Waals surface area contributed by atoms with Crippen molar-refractivity contribution in [1.82, 2.24) is 14.2 Å². The largest absolute Gasteiger partial charge is 0.352 e. The predicted molar refractivity (Wildman–Crippen MR) is 149 cm³/mol. The minimum Gasteiger partial charge on any atom is -0.352 e. The number of aromatic nitrogens is 2. The lowest BCUT2D eigenvalue weighted by atomic mass is 9.77. The van der Waals surface area contributed by atoms with Crippen molar-refractivity contribution in [1.29, 1.82) is 0 Å². The van der Waals surface area contributed by atoms with Crippen LogP contribution in [0.5, 0.6) is 0 Å². The Morgan fingerprint density at radius 2 is 2.08 bits per heavy atom. The van der Waals surface area contributed by atoms with Crippen molar-refractivity contribution in [3.05, 3.63) is 70.8 Å². The highest BCUT2D eigenvalue weighted by Crippen LogP contribution is 2.71. The molecule has 8 nitrogen and oxygen atoms in total. The maximum Gasteiger partial charge on any atom is 0.351 e. The number of ether oxygens (including phenoxy) is 1. The highest BCUT2D eigenvalue weighted by molar-refractivity contribution is 8.54. The number of benzene rings is 1. The molecule has 10 heteroatoms. The van der Waals surface area contributed by atoms with Gasteiger partial charge in [-0.1, -0.05) is 48.7 Å². The summed E-state index contributed by atoms with van der Waals surface area (Å²) in [7, 11) is -0.856. The summed E-state index contributed by atoms with van der Waals surface area (Å²) in [4.78, 5) is 29.6. The zero-order chi connectivity index (χ0) is 26.2. The summed E-state index contributed by atoms with van der Waals surface area (Å²) in [5.74, 6) is 0.441. The van der Waals surface area contributed by atoms with E-state index in [9.17, 15) is 9.59 Å². The van der Waals surface area contributed by atoms with E-state index in [1.54, 1.807) is 36.5 Å². The first-order chi connectivity index (χ1) is 17.8. The summed E-state index contributed by atoms with van der Waals surface area (Å²) in [6.07, 6.45) is 5.57. The Hall–Kier alpha value is -2.03. The topological polar surface area (TPSA) is 85.7 Å². The minimum atomic E-state index is -0.856. The molecule has 5 rings (SSSR count). The van der Waals surface area contributed by atoms with Crippen LogP contribution in [0.1, 0.15) is 63.0 Å². The number of amides is 1. The van der Waals surface area contributed by atoms with Gasteiger partial charge in [-0.15, -0.1) is 0 Å². The minimum absolute atomic E-state index is 0.00610. The summed E-state index contributed by atoms with van der Waals surface area (Å²) in [6.45, 7) is 12.1. The second kappa shape index (κ2) is 11.0. The predicted octanol–water partition coefficient (Wildman–Crippen LogP) is 5.60. The van der Waals surface area contributed by atoms with Gasteiger partial charge in [-0.25, -0.2) is 9.46 Å². The molecular formula is C27H35N4O4PS. The van der Waals surface area contributed by atoms with Gasteiger partial charge in [0.15, 0.2) is 13.7 Å². The first-order valence-electron chi connectivity index (χ1n) is 12.9. The van der Waals surface area contributed by atoms with Crippen molar-refractivity contribution in [2.45, 2.75) is 69.6 Å². The first-order valence-corrected chi connectivity index (χ1v) is 15.6. The van der Waals surface area contributed by atoms with Crippen molar-refractivity contribution in [3.8, 4) is 0 Å². The Balaban J connectivity index is 1.29. The lowest BCUT2D eigenvalue weighted by molar-refractivity contribution is -0.104. The fraction of sp³-hybridized carbons (Fsp3) is 0.519. The van der Waals surface area contributed by atoms with Crippen LogP contribution in [-0.4, -0.2) is 50.2 Å². The molecule has 6 atom stereocenters. The normalized spacial score (nSPS) is 32.0. The van der Waals surface area contributed by atoms with E-state index in [1.807, 2.05) is 17.4 Å². The summed E-state index contributed by atoms with van der Waals surface area (Å²) in [6, 6.07) is 10.5. The lowest BCUT2D eigenvalue weighted by Gasteiger charge is -2.39. The van der Waals surface area contributed by atoms with Crippen LogP contribution in [0, 0.1) is 5.92 Å². The van der Waals surface area contributed by atoms with Crippen LogP contribution in [0.15, 0.2) is 59.5 Å². The molecule has 0 radical (unpaired) electrons. The standard InChI is InChI=1S/C27H35N4O4PS/c1-5-21-16-30(36-35-22-15-20(18(2)3)11-13-27(22,4)37-36)17-24(34-21)31-14-12-23(29-26(31)33)28-25(32)19-9-7-6-8-10-19/h6-10,12,14,20-22,24H,2,5,11,13,15-17H2,1,3-4H3,(H,28,29,32,33)/t20-,21-,22+,24-,27+,36+/m1/s1. The Bertz CT molecular complexity index is 1210. The first kappa shape index (κ1) is 26.6. The number of nitrogens with zero attached hydrogens (tertiary/aromatic N) is 3. The summed E-state index contributed by atoms with van der Waals surface area (Å²) >= 11 is 1.97. The number of allylic oxidation sites excluding steroid dienone is 1. The summed E-state index contributed by atoms with van der Waals surface area (Å²) in [5.41, 5.74) is 1.30. The highest BCUT2D eigenvalue weighted by Gasteiger charge is 2.52. The summed E-state index contributed by atoms with van der Waals surface area (Å²) < 4.78 is 17.0. The van der Waals surface area contributed by atoms with Gasteiger partial charge < -0.3 is 14.6 Å². The number of hydrogen-bond donors (Lipinski definition) is 1. The molecule has 37 heavy (non-hydrogen) atoms. The van der Waals surface area contributed by atoms with Gasteiger partial charge in [0.1, 0.15) is 5.82 Å². The molecule has 1 amide bonds. The molecule has 1 saturated carbocycles. The molecule has 1 aliphatic carbocycles. The quantitative estimate of drug-likeness (QED) is 0.376. The van der Waals surface area contributed by atoms with Crippen molar-refractivity contribution < 1.29 is 14.1 Å². The number of nitrogens with one attached hydrogen (secondary N) is 1. The zero-order valence-corrected chi connectivity index (χ0v) is 23.3. The Morgan fingerprint density at radius 1 is 1.30 bits per heavy atom. The number of carbonyl (C=O) groups is 1. The van der Waals surface area contributed by atoms with Gasteiger partial charge in [0.05, 0.1) is 18.8 Å². The van der Waals surface area contributed by atoms with Gasteiger partial charge in [-0.05, 0) is 63.6 Å². The molecule has 1 aromatic carbocycles. The van der Waals surface area contributed by atoms with Crippen LogP contribution in [0.4, 0.5) is 5.82 Å². The van der Waals surface area contributed by atoms with Crippen molar-refractivity contribution in [2.24, 2.45) is 5.92 Å². The van der Waals surface area contributed by atoms with Crippen LogP contribution in [0.2, 0.25) is 0 Å². The maximum absolute atomic E-state index is 13.0. The van der Waals surface area contributed by atoms with Gasteiger partial charge in [-0.3, -0.25) is 9.36 Å². The number of anilines is 1. The Labute approximate surface area is 223 Å². The van der Waals surface area contributed by atoms with Crippen LogP contribution in [0.3, 0.4) is 0 Å². The smallest absolute Gasteiger partial charge is 0.351 e. The van der Waals surface area contributed by atoms with Gasteiger partial charge in [0, 0.05) is 23.1 Å². The second-order valence-electron chi connectivity index (χ2n) is 10.4. The van der Waals surface area contributed by atoms with E-state index in [2.05, 4.69) is 42.3 Å². The molecule has 198 valence electrons. The molecule has 2 aromatic rings. The van der Waals surface area contributed by atoms with E-state index < -0.39 is 19.4 Å². The Kier molecular flexibility index (Phi) is 7.89. The van der Waals surface area contributed by atoms with Crippen molar-refractivity contribution in [3.63, 3.8) is 0 Å². The number of morpholine rings is 1. The van der Waals surface area contributed by atoms with Crippen LogP contribution >= 0.6 is 18.9 Å². The monoisotopic (exact) mass is 542 g/mol. The van der Waals surface area contributed by atoms with Gasteiger partial charge >= 0.3 is 5.69 Å². The van der Waals surface area contributed by atoms with E-state index in [-0.39, 0.29) is 28.7 Å². The molecule has 1 N–H and O–H groups in total. The average molecular weight is 543 g/mol. The van der Waals surface area contributed by atoms with E-state index in [0.29, 0.717) is 18.0 Å². The molecule has 3 heterocycles. The fourth-order valence-electron chi connectivity index (χ4n) is 5.18. The average Bonchev–Trinajstić information content (AvgIpc) is 3.25. The molecule has 3 fully saturated rings. The molecule has 0 bridgehead atoms. The van der Waals surface area contributed by atoms with Crippen molar-refractivity contribution >= 4 is 30.6 Å². The second-order valence-corrected chi connectivity index (χ2v) is 14.2. The fourth-order valence-corrected chi connectivity index (χ4v) is 10.4. The number of hydrogen-bond acceptors (Lipinski definition) is 7. The third kappa shape index (κ3) is 5.71. The number of carbonyl (C=O) groups excluding carboxylic acids is 1. The number of fused-ring (bicyclic) bond motifs is 1. The molecule has 3 aliphatic rings. The molecule has 0 spiro atoms. The third-order valence-corrected chi connectivity index (χ3v) is 12.5. The van der Waals surface area contributed by atoms with Gasteiger partial charge in [0.2, 0.25) is 0 Å². The molecule has 2 aliphatic heterocycles. The van der Waals surface area contributed by atoms with Crippen molar-refractivity contribution in [2.75, 3.05) is 18.4 Å². The van der Waals surface area contributed by atoms with Crippen LogP contribution in [0.25, 0.3) is 0 Å².